The minimum Gasteiger partial charge on any atom is -0.208 e. The van der Waals surface area contributed by atoms with Crippen LogP contribution in [-0.2, 0) is 0 Å². The molecule has 0 N–H and O–H groups in total. The number of nitrogens with zero attached hydrogens (tertiary/aromatic N) is 4. The van der Waals surface area contributed by atoms with Gasteiger partial charge in [0.15, 0.2) is 17.5 Å². The standard InChI is InChI=1S/C47H36N4Si/c1-52(2,3)44-25-23-35(24-26-44)45-49-46(42-15-7-13-39(29-42)38-12-6-11-37(27-38)34-19-17-32(31-48)18-20-34)51-47(50-45)43-16-8-14-40(30-43)41-22-21-33-9-4-5-10-36(33)28-41/h4-30H,1-3H3. The Hall–Kier alpha value is -6.48. The van der Waals surface area contributed by atoms with Gasteiger partial charge in [0.2, 0.25) is 0 Å². The summed E-state index contributed by atoms with van der Waals surface area (Å²) in [6.07, 6.45) is 0. The minimum atomic E-state index is -1.48. The zero-order chi connectivity index (χ0) is 35.7. The Bertz CT molecular complexity index is 2610. The lowest BCUT2D eigenvalue weighted by Gasteiger charge is -2.16. The van der Waals surface area contributed by atoms with Gasteiger partial charge in [0, 0.05) is 16.7 Å². The summed E-state index contributed by atoms with van der Waals surface area (Å²) in [7, 11) is -1.48. The molecule has 0 atom stereocenters. The van der Waals surface area contributed by atoms with Gasteiger partial charge in [-0.05, 0) is 80.6 Å². The molecule has 0 bridgehead atoms. The molecule has 0 amide bonds. The maximum absolute atomic E-state index is 9.24. The van der Waals surface area contributed by atoms with Gasteiger partial charge in [-0.15, -0.1) is 0 Å². The molecule has 8 rings (SSSR count). The number of rotatable bonds is 7. The van der Waals surface area contributed by atoms with Crippen LogP contribution >= 0.6 is 0 Å². The van der Waals surface area contributed by atoms with E-state index in [2.05, 4.69) is 165 Å². The van der Waals surface area contributed by atoms with E-state index in [0.717, 1.165) is 50.1 Å². The molecule has 7 aromatic carbocycles. The summed E-state index contributed by atoms with van der Waals surface area (Å²) in [6.45, 7) is 7.07. The highest BCUT2D eigenvalue weighted by Crippen LogP contribution is 2.32. The molecule has 0 spiro atoms. The van der Waals surface area contributed by atoms with E-state index in [1.54, 1.807) is 0 Å². The van der Waals surface area contributed by atoms with Gasteiger partial charge in [-0.1, -0.05) is 152 Å². The number of fused-ring (bicyclic) bond motifs is 1. The van der Waals surface area contributed by atoms with Gasteiger partial charge < -0.3 is 0 Å². The Morgan fingerprint density at radius 2 is 0.808 bits per heavy atom. The Morgan fingerprint density at radius 3 is 1.35 bits per heavy atom. The fraction of sp³-hybridized carbons (Fsp3) is 0.0638. The molecule has 0 aliphatic carbocycles. The van der Waals surface area contributed by atoms with Gasteiger partial charge in [-0.2, -0.15) is 5.26 Å². The van der Waals surface area contributed by atoms with Gasteiger partial charge in [-0.25, -0.2) is 15.0 Å². The van der Waals surface area contributed by atoms with Crippen molar-refractivity contribution in [2.24, 2.45) is 0 Å². The van der Waals surface area contributed by atoms with E-state index in [1.165, 1.54) is 16.0 Å². The van der Waals surface area contributed by atoms with Crippen LogP contribution in [0.3, 0.4) is 0 Å². The Labute approximate surface area is 305 Å². The molecule has 0 aliphatic rings. The van der Waals surface area contributed by atoms with E-state index < -0.39 is 8.07 Å². The predicted octanol–water partition coefficient (Wildman–Crippen LogP) is 11.4. The van der Waals surface area contributed by atoms with Crippen molar-refractivity contribution in [3.63, 3.8) is 0 Å². The van der Waals surface area contributed by atoms with Crippen LogP contribution in [0.4, 0.5) is 0 Å². The first-order valence-electron chi connectivity index (χ1n) is 17.5. The lowest BCUT2D eigenvalue weighted by molar-refractivity contribution is 1.07. The number of hydrogen-bond donors (Lipinski definition) is 0. The van der Waals surface area contributed by atoms with E-state index in [0.29, 0.717) is 23.0 Å². The van der Waals surface area contributed by atoms with Crippen LogP contribution in [0.25, 0.3) is 78.3 Å². The summed E-state index contributed by atoms with van der Waals surface area (Å²) in [5, 5.41) is 13.1. The lowest BCUT2D eigenvalue weighted by Crippen LogP contribution is -2.37. The highest BCUT2D eigenvalue weighted by Gasteiger charge is 2.18. The second-order valence-electron chi connectivity index (χ2n) is 14.1. The Balaban J connectivity index is 1.22. The van der Waals surface area contributed by atoms with Gasteiger partial charge in [0.05, 0.1) is 19.7 Å². The molecule has 52 heavy (non-hydrogen) atoms. The molecule has 0 fully saturated rings. The summed E-state index contributed by atoms with van der Waals surface area (Å²) in [6, 6.07) is 59.0. The summed E-state index contributed by atoms with van der Waals surface area (Å²) >= 11 is 0. The second kappa shape index (κ2) is 13.7. The van der Waals surface area contributed by atoms with Crippen molar-refractivity contribution in [1.82, 2.24) is 15.0 Å². The normalized spacial score (nSPS) is 11.3. The fourth-order valence-electron chi connectivity index (χ4n) is 6.54. The van der Waals surface area contributed by atoms with Gasteiger partial charge in [0.25, 0.3) is 0 Å². The largest absolute Gasteiger partial charge is 0.208 e. The zero-order valence-corrected chi connectivity index (χ0v) is 30.4. The van der Waals surface area contributed by atoms with Crippen molar-refractivity contribution < 1.29 is 0 Å². The van der Waals surface area contributed by atoms with Crippen molar-refractivity contribution in [3.05, 3.63) is 169 Å². The molecule has 0 saturated heterocycles. The molecule has 0 unspecified atom stereocenters. The number of nitriles is 1. The molecule has 0 aliphatic heterocycles. The molecular weight excluding hydrogens is 649 g/mol. The topological polar surface area (TPSA) is 62.5 Å². The van der Waals surface area contributed by atoms with Crippen molar-refractivity contribution in [3.8, 4) is 73.6 Å². The molecule has 248 valence electrons. The molecule has 4 nitrogen and oxygen atoms in total. The first-order chi connectivity index (χ1) is 25.3. The smallest absolute Gasteiger partial charge is 0.164 e. The first-order valence-corrected chi connectivity index (χ1v) is 21.0. The van der Waals surface area contributed by atoms with Crippen molar-refractivity contribution >= 4 is 24.0 Å². The maximum atomic E-state index is 9.24. The molecule has 8 aromatic rings. The van der Waals surface area contributed by atoms with E-state index in [-0.39, 0.29) is 0 Å². The summed E-state index contributed by atoms with van der Waals surface area (Å²) in [4.78, 5) is 15.3. The van der Waals surface area contributed by atoms with E-state index >= 15 is 0 Å². The van der Waals surface area contributed by atoms with Crippen LogP contribution in [-0.4, -0.2) is 23.0 Å². The average molecular weight is 685 g/mol. The van der Waals surface area contributed by atoms with E-state index in [9.17, 15) is 5.26 Å². The van der Waals surface area contributed by atoms with Crippen LogP contribution in [0, 0.1) is 11.3 Å². The third-order valence-corrected chi connectivity index (χ3v) is 11.6. The monoisotopic (exact) mass is 684 g/mol. The molecule has 1 aromatic heterocycles. The molecule has 0 saturated carbocycles. The Morgan fingerprint density at radius 1 is 0.385 bits per heavy atom. The maximum Gasteiger partial charge on any atom is 0.164 e. The van der Waals surface area contributed by atoms with Crippen LogP contribution in [0.1, 0.15) is 5.56 Å². The quantitative estimate of drug-likeness (QED) is 0.157. The molecule has 5 heteroatoms. The predicted molar refractivity (Wildman–Crippen MR) is 218 cm³/mol. The summed E-state index contributed by atoms with van der Waals surface area (Å²) in [5.74, 6) is 1.90. The number of hydrogen-bond acceptors (Lipinski definition) is 4. The van der Waals surface area contributed by atoms with Crippen LogP contribution in [0.15, 0.2) is 164 Å². The number of aromatic nitrogens is 3. The molecule has 1 heterocycles. The summed E-state index contributed by atoms with van der Waals surface area (Å²) < 4.78 is 0. The number of benzene rings is 7. The van der Waals surface area contributed by atoms with Gasteiger partial charge in [-0.3, -0.25) is 0 Å². The van der Waals surface area contributed by atoms with Crippen LogP contribution in [0.5, 0.6) is 0 Å². The van der Waals surface area contributed by atoms with Crippen molar-refractivity contribution in [2.45, 2.75) is 19.6 Å². The first kappa shape index (κ1) is 32.7. The summed E-state index contributed by atoms with van der Waals surface area (Å²) in [5.41, 5.74) is 10.0. The Kier molecular flexibility index (Phi) is 8.60. The molecule has 0 radical (unpaired) electrons. The third kappa shape index (κ3) is 6.80. The highest BCUT2D eigenvalue weighted by molar-refractivity contribution is 6.88. The van der Waals surface area contributed by atoms with Crippen molar-refractivity contribution in [2.75, 3.05) is 0 Å². The van der Waals surface area contributed by atoms with Crippen molar-refractivity contribution in [1.29, 1.82) is 5.26 Å². The van der Waals surface area contributed by atoms with Gasteiger partial charge >= 0.3 is 0 Å². The highest BCUT2D eigenvalue weighted by atomic mass is 28.3. The van der Waals surface area contributed by atoms with Crippen LogP contribution in [0.2, 0.25) is 19.6 Å². The van der Waals surface area contributed by atoms with Gasteiger partial charge in [0.1, 0.15) is 0 Å². The fourth-order valence-corrected chi connectivity index (χ4v) is 7.71. The van der Waals surface area contributed by atoms with E-state index in [4.69, 9.17) is 15.0 Å². The zero-order valence-electron chi connectivity index (χ0n) is 29.4. The van der Waals surface area contributed by atoms with Crippen LogP contribution < -0.4 is 5.19 Å². The lowest BCUT2D eigenvalue weighted by atomic mass is 9.97. The molecular formula is C47H36N4Si. The van der Waals surface area contributed by atoms with E-state index in [1.807, 2.05) is 24.3 Å². The SMILES string of the molecule is C[Si](C)(C)c1ccc(-c2nc(-c3cccc(-c4cccc(-c5ccc(C#N)cc5)c4)c3)nc(-c3cccc(-c4ccc5ccccc5c4)c3)n2)cc1. The average Bonchev–Trinajstić information content (AvgIpc) is 3.20. The second-order valence-corrected chi connectivity index (χ2v) is 19.2. The third-order valence-electron chi connectivity index (χ3n) is 9.51. The minimum absolute atomic E-state index is 0.621.